The summed E-state index contributed by atoms with van der Waals surface area (Å²) in [5, 5.41) is 19.0. The number of likely N-dealkylation sites (tertiary alicyclic amines) is 1. The molecule has 124 valence electrons. The zero-order valence-electron chi connectivity index (χ0n) is 13.7. The van der Waals surface area contributed by atoms with Gasteiger partial charge < -0.3 is 14.8 Å². The first-order valence-electron chi connectivity index (χ1n) is 8.35. The van der Waals surface area contributed by atoms with Crippen molar-refractivity contribution < 1.29 is 10.2 Å². The second kappa shape index (κ2) is 7.79. The fraction of sp³-hybridized carbons (Fsp3) is 0.706. The minimum Gasteiger partial charge on any atom is -0.503 e. The molecule has 0 aromatic carbocycles. The lowest BCUT2D eigenvalue weighted by atomic mass is 9.99. The Kier molecular flexibility index (Phi) is 6.03. The maximum absolute atomic E-state index is 11.8. The van der Waals surface area contributed by atoms with Crippen LogP contribution in [0, 0.1) is 0 Å². The molecule has 1 fully saturated rings. The molecule has 2 N–H and O–H groups in total. The zero-order chi connectivity index (χ0) is 16.1. The molecule has 1 aliphatic rings. The Morgan fingerprint density at radius 2 is 2.18 bits per heavy atom. The molecule has 0 aliphatic carbocycles. The molecule has 1 aromatic rings. The number of aliphatic hydroxyl groups excluding tert-OH is 1. The van der Waals surface area contributed by atoms with Crippen LogP contribution in [0.15, 0.2) is 17.1 Å². The number of nitrogens with zero attached hydrogens (tertiary/aromatic N) is 2. The van der Waals surface area contributed by atoms with E-state index < -0.39 is 0 Å². The van der Waals surface area contributed by atoms with Crippen molar-refractivity contribution in [3.63, 3.8) is 0 Å². The van der Waals surface area contributed by atoms with Gasteiger partial charge in [0.15, 0.2) is 5.75 Å². The maximum atomic E-state index is 11.8. The fourth-order valence-corrected chi connectivity index (χ4v) is 3.26. The third kappa shape index (κ3) is 3.90. The lowest BCUT2D eigenvalue weighted by Gasteiger charge is -2.36. The molecular formula is C17H28N2O3. The van der Waals surface area contributed by atoms with Gasteiger partial charge in [0.25, 0.3) is 0 Å². The van der Waals surface area contributed by atoms with Crippen molar-refractivity contribution in [1.82, 2.24) is 9.47 Å². The van der Waals surface area contributed by atoms with Crippen molar-refractivity contribution in [1.29, 1.82) is 0 Å². The van der Waals surface area contributed by atoms with E-state index in [2.05, 4.69) is 18.7 Å². The van der Waals surface area contributed by atoms with Crippen LogP contribution >= 0.6 is 0 Å². The van der Waals surface area contributed by atoms with E-state index in [1.165, 1.54) is 6.42 Å². The van der Waals surface area contributed by atoms with E-state index in [1.807, 2.05) is 4.57 Å². The van der Waals surface area contributed by atoms with Crippen LogP contribution < -0.4 is 5.43 Å². The quantitative estimate of drug-likeness (QED) is 0.846. The van der Waals surface area contributed by atoms with E-state index in [4.69, 9.17) is 0 Å². The number of aromatic nitrogens is 1. The summed E-state index contributed by atoms with van der Waals surface area (Å²) in [6, 6.07) is 2.18. The van der Waals surface area contributed by atoms with Crippen LogP contribution in [-0.2, 0) is 6.54 Å². The predicted molar refractivity (Wildman–Crippen MR) is 87.1 cm³/mol. The average molecular weight is 308 g/mol. The van der Waals surface area contributed by atoms with Gasteiger partial charge in [0.1, 0.15) is 0 Å². The van der Waals surface area contributed by atoms with Crippen LogP contribution in [0.3, 0.4) is 0 Å². The van der Waals surface area contributed by atoms with Gasteiger partial charge >= 0.3 is 0 Å². The first kappa shape index (κ1) is 17.0. The molecule has 2 rings (SSSR count). The Bertz CT molecular complexity index is 539. The Morgan fingerprint density at radius 3 is 2.86 bits per heavy atom. The smallest absolute Gasteiger partial charge is 0.223 e. The summed E-state index contributed by atoms with van der Waals surface area (Å²) in [5.74, 6) is -0.186. The van der Waals surface area contributed by atoms with E-state index in [-0.39, 0.29) is 23.8 Å². The fourth-order valence-electron chi connectivity index (χ4n) is 3.26. The molecule has 0 bridgehead atoms. The molecule has 22 heavy (non-hydrogen) atoms. The van der Waals surface area contributed by atoms with Gasteiger partial charge in [0.05, 0.1) is 6.20 Å². The molecule has 1 aromatic heterocycles. The van der Waals surface area contributed by atoms with Gasteiger partial charge in [0, 0.05) is 37.0 Å². The van der Waals surface area contributed by atoms with Crippen LogP contribution in [-0.4, -0.2) is 38.9 Å². The molecule has 2 heterocycles. The second-order valence-electron chi connectivity index (χ2n) is 6.31. The minimum atomic E-state index is -0.315. The number of pyridine rings is 1. The lowest BCUT2D eigenvalue weighted by Crippen LogP contribution is -2.40. The molecule has 5 heteroatoms. The van der Waals surface area contributed by atoms with Crippen molar-refractivity contribution in [2.45, 2.75) is 64.6 Å². The number of piperidine rings is 1. The standard InChI is InChI=1S/C17H28N2O3/c1-3-13(2)19-12-17(22)16(21)10-15(19)11-18-8-5-4-6-14(18)7-9-20/h10,12-14,20,22H,3-9,11H2,1-2H3. The third-order valence-electron chi connectivity index (χ3n) is 4.79. The van der Waals surface area contributed by atoms with Crippen molar-refractivity contribution >= 4 is 0 Å². The Hall–Kier alpha value is -1.33. The van der Waals surface area contributed by atoms with Gasteiger partial charge in [-0.3, -0.25) is 9.69 Å². The Labute approximate surface area is 132 Å². The van der Waals surface area contributed by atoms with E-state index >= 15 is 0 Å². The molecule has 0 saturated carbocycles. The summed E-state index contributed by atoms with van der Waals surface area (Å²) in [6.45, 7) is 6.09. The van der Waals surface area contributed by atoms with Crippen molar-refractivity contribution in [2.75, 3.05) is 13.2 Å². The molecule has 1 saturated heterocycles. The summed E-state index contributed by atoms with van der Waals surface area (Å²) < 4.78 is 2.02. The van der Waals surface area contributed by atoms with Crippen molar-refractivity contribution in [2.24, 2.45) is 0 Å². The minimum absolute atomic E-state index is 0.186. The first-order chi connectivity index (χ1) is 10.6. The molecule has 2 atom stereocenters. The normalized spacial score (nSPS) is 21.0. The largest absolute Gasteiger partial charge is 0.503 e. The number of aliphatic hydroxyl groups is 1. The van der Waals surface area contributed by atoms with Crippen LogP contribution in [0.25, 0.3) is 0 Å². The number of aromatic hydroxyl groups is 1. The summed E-state index contributed by atoms with van der Waals surface area (Å²) in [5.41, 5.74) is 0.632. The van der Waals surface area contributed by atoms with E-state index in [0.29, 0.717) is 12.6 Å². The van der Waals surface area contributed by atoms with Crippen molar-refractivity contribution in [3.05, 3.63) is 28.2 Å². The zero-order valence-corrected chi connectivity index (χ0v) is 13.7. The molecular weight excluding hydrogens is 280 g/mol. The highest BCUT2D eigenvalue weighted by molar-refractivity contribution is 5.21. The summed E-state index contributed by atoms with van der Waals surface area (Å²) in [7, 11) is 0. The Balaban J connectivity index is 2.26. The van der Waals surface area contributed by atoms with Crippen LogP contribution in [0.4, 0.5) is 0 Å². The number of hydrogen-bond donors (Lipinski definition) is 2. The maximum Gasteiger partial charge on any atom is 0.223 e. The summed E-state index contributed by atoms with van der Waals surface area (Å²) in [6.07, 6.45) is 6.76. The molecule has 5 nitrogen and oxygen atoms in total. The average Bonchev–Trinajstić information content (AvgIpc) is 2.52. The van der Waals surface area contributed by atoms with Gasteiger partial charge in [-0.2, -0.15) is 0 Å². The van der Waals surface area contributed by atoms with E-state index in [0.717, 1.165) is 37.9 Å². The highest BCUT2D eigenvalue weighted by Gasteiger charge is 2.23. The van der Waals surface area contributed by atoms with Crippen molar-refractivity contribution in [3.8, 4) is 5.75 Å². The van der Waals surface area contributed by atoms with Crippen LogP contribution in [0.5, 0.6) is 5.75 Å². The SMILES string of the molecule is CCC(C)n1cc(O)c(=O)cc1CN1CCCCC1CCO. The molecule has 1 aliphatic heterocycles. The third-order valence-corrected chi connectivity index (χ3v) is 4.79. The second-order valence-corrected chi connectivity index (χ2v) is 6.31. The highest BCUT2D eigenvalue weighted by Crippen LogP contribution is 2.23. The van der Waals surface area contributed by atoms with E-state index in [1.54, 1.807) is 12.3 Å². The predicted octanol–water partition coefficient (Wildman–Crippen LogP) is 2.26. The first-order valence-corrected chi connectivity index (χ1v) is 8.35. The molecule has 0 amide bonds. The van der Waals surface area contributed by atoms with Crippen LogP contribution in [0.2, 0.25) is 0 Å². The van der Waals surface area contributed by atoms with Gasteiger partial charge in [-0.15, -0.1) is 0 Å². The topological polar surface area (TPSA) is 65.7 Å². The van der Waals surface area contributed by atoms with Gasteiger partial charge in [-0.25, -0.2) is 0 Å². The Morgan fingerprint density at radius 1 is 1.41 bits per heavy atom. The monoisotopic (exact) mass is 308 g/mol. The molecule has 2 unspecified atom stereocenters. The lowest BCUT2D eigenvalue weighted by molar-refractivity contribution is 0.109. The van der Waals surface area contributed by atoms with Gasteiger partial charge in [-0.05, 0) is 39.2 Å². The molecule has 0 spiro atoms. The van der Waals surface area contributed by atoms with Gasteiger partial charge in [-0.1, -0.05) is 13.3 Å². The summed E-state index contributed by atoms with van der Waals surface area (Å²) >= 11 is 0. The number of rotatable bonds is 6. The van der Waals surface area contributed by atoms with Crippen LogP contribution in [0.1, 0.15) is 57.7 Å². The highest BCUT2D eigenvalue weighted by atomic mass is 16.3. The van der Waals surface area contributed by atoms with Gasteiger partial charge in [0.2, 0.25) is 5.43 Å². The van der Waals surface area contributed by atoms with E-state index in [9.17, 15) is 15.0 Å². The molecule has 0 radical (unpaired) electrons. The summed E-state index contributed by atoms with van der Waals surface area (Å²) in [4.78, 5) is 14.2. The number of hydrogen-bond acceptors (Lipinski definition) is 4.